The average molecular weight is 251 g/mol. The van der Waals surface area contributed by atoms with Crippen LogP contribution in [0.2, 0.25) is 0 Å². The smallest absolute Gasteiger partial charge is 0.330 e. The molecule has 5 heteroatoms. The standard InChI is InChI=1S/C8H7F3S.C3H9N/c9-8(10,11)7-3-1-6(5-12)2-4-7;1-2-3-4/h1-4,12H,5H2;2-4H2,1H3. The topological polar surface area (TPSA) is 26.0 Å². The summed E-state index contributed by atoms with van der Waals surface area (Å²) < 4.78 is 36.0. The maximum atomic E-state index is 12.0. The van der Waals surface area contributed by atoms with Gasteiger partial charge in [0.1, 0.15) is 0 Å². The maximum absolute atomic E-state index is 12.0. The molecule has 1 aromatic rings. The van der Waals surface area contributed by atoms with E-state index in [9.17, 15) is 13.2 Å². The zero-order chi connectivity index (χ0) is 12.6. The molecule has 0 aromatic heterocycles. The van der Waals surface area contributed by atoms with Crippen molar-refractivity contribution < 1.29 is 13.2 Å². The summed E-state index contributed by atoms with van der Waals surface area (Å²) in [6.45, 7) is 2.88. The van der Waals surface area contributed by atoms with Crippen molar-refractivity contribution in [2.75, 3.05) is 6.54 Å². The van der Waals surface area contributed by atoms with Crippen molar-refractivity contribution in [3.05, 3.63) is 35.4 Å². The molecule has 0 saturated carbocycles. The Bertz CT molecular complexity index is 280. The van der Waals surface area contributed by atoms with Gasteiger partial charge >= 0.3 is 6.18 Å². The minimum absolute atomic E-state index is 0.456. The lowest BCUT2D eigenvalue weighted by Crippen LogP contribution is -2.04. The van der Waals surface area contributed by atoms with Crippen molar-refractivity contribution >= 4 is 12.6 Å². The summed E-state index contributed by atoms with van der Waals surface area (Å²) in [5.74, 6) is 0.456. The van der Waals surface area contributed by atoms with Crippen LogP contribution in [0.25, 0.3) is 0 Å². The molecular formula is C11H16F3NS. The molecule has 0 atom stereocenters. The molecule has 0 saturated heterocycles. The van der Waals surface area contributed by atoms with Crippen LogP contribution >= 0.6 is 12.6 Å². The molecule has 16 heavy (non-hydrogen) atoms. The van der Waals surface area contributed by atoms with Crippen LogP contribution in [-0.4, -0.2) is 6.54 Å². The molecule has 1 aromatic carbocycles. The number of hydrogen-bond donors (Lipinski definition) is 2. The van der Waals surface area contributed by atoms with Crippen LogP contribution < -0.4 is 5.73 Å². The highest BCUT2D eigenvalue weighted by Gasteiger charge is 2.29. The first-order valence-electron chi connectivity index (χ1n) is 4.92. The van der Waals surface area contributed by atoms with E-state index >= 15 is 0 Å². The second-order valence-corrected chi connectivity index (χ2v) is 3.46. The van der Waals surface area contributed by atoms with Crippen molar-refractivity contribution in [3.63, 3.8) is 0 Å². The summed E-state index contributed by atoms with van der Waals surface area (Å²) >= 11 is 3.94. The van der Waals surface area contributed by atoms with Gasteiger partial charge in [-0.05, 0) is 30.7 Å². The molecule has 2 N–H and O–H groups in total. The van der Waals surface area contributed by atoms with Crippen molar-refractivity contribution in [2.24, 2.45) is 5.73 Å². The van der Waals surface area contributed by atoms with Gasteiger partial charge in [0.2, 0.25) is 0 Å². The summed E-state index contributed by atoms with van der Waals surface area (Å²) in [5, 5.41) is 0. The Balaban J connectivity index is 0.000000487. The predicted molar refractivity (Wildman–Crippen MR) is 63.5 cm³/mol. The highest BCUT2D eigenvalue weighted by atomic mass is 32.1. The van der Waals surface area contributed by atoms with Gasteiger partial charge in [0.15, 0.2) is 0 Å². The van der Waals surface area contributed by atoms with Crippen LogP contribution in [0.15, 0.2) is 24.3 Å². The number of benzene rings is 1. The van der Waals surface area contributed by atoms with Crippen LogP contribution in [0.4, 0.5) is 13.2 Å². The van der Waals surface area contributed by atoms with Crippen molar-refractivity contribution in [3.8, 4) is 0 Å². The molecule has 0 bridgehead atoms. The van der Waals surface area contributed by atoms with Crippen LogP contribution in [0.3, 0.4) is 0 Å². The third kappa shape index (κ3) is 6.02. The van der Waals surface area contributed by atoms with E-state index in [2.05, 4.69) is 19.6 Å². The first kappa shape index (κ1) is 15.3. The fraction of sp³-hybridized carbons (Fsp3) is 0.455. The van der Waals surface area contributed by atoms with Gasteiger partial charge in [-0.1, -0.05) is 19.1 Å². The number of hydrogen-bond acceptors (Lipinski definition) is 2. The van der Waals surface area contributed by atoms with Gasteiger partial charge in [-0.15, -0.1) is 0 Å². The van der Waals surface area contributed by atoms with Crippen LogP contribution in [-0.2, 0) is 11.9 Å². The summed E-state index contributed by atoms with van der Waals surface area (Å²) in [6.07, 6.45) is -3.14. The van der Waals surface area contributed by atoms with E-state index in [0.717, 1.165) is 30.7 Å². The quantitative estimate of drug-likeness (QED) is 0.773. The fourth-order valence-electron chi connectivity index (χ4n) is 0.799. The summed E-state index contributed by atoms with van der Waals surface area (Å²) in [6, 6.07) is 4.97. The summed E-state index contributed by atoms with van der Waals surface area (Å²) in [5.41, 5.74) is 5.19. The normalized spacial score (nSPS) is 10.6. The van der Waals surface area contributed by atoms with E-state index in [1.54, 1.807) is 0 Å². The van der Waals surface area contributed by atoms with Crippen molar-refractivity contribution in [1.82, 2.24) is 0 Å². The molecule has 1 rings (SSSR count). The Labute approximate surface area is 99.3 Å². The van der Waals surface area contributed by atoms with E-state index in [4.69, 9.17) is 5.73 Å². The molecular weight excluding hydrogens is 235 g/mol. The highest BCUT2D eigenvalue weighted by Crippen LogP contribution is 2.29. The molecule has 0 aliphatic rings. The van der Waals surface area contributed by atoms with Gasteiger partial charge in [-0.25, -0.2) is 0 Å². The lowest BCUT2D eigenvalue weighted by Gasteiger charge is -2.06. The largest absolute Gasteiger partial charge is 0.416 e. The molecule has 0 fully saturated rings. The van der Waals surface area contributed by atoms with Gasteiger partial charge < -0.3 is 5.73 Å². The molecule has 0 radical (unpaired) electrons. The summed E-state index contributed by atoms with van der Waals surface area (Å²) in [7, 11) is 0. The number of nitrogens with two attached hydrogens (primary N) is 1. The Kier molecular flexibility index (Phi) is 7.25. The third-order valence-electron chi connectivity index (χ3n) is 1.75. The van der Waals surface area contributed by atoms with E-state index in [-0.39, 0.29) is 0 Å². The van der Waals surface area contributed by atoms with E-state index < -0.39 is 11.7 Å². The Morgan fingerprint density at radius 3 is 1.88 bits per heavy atom. The second kappa shape index (κ2) is 7.57. The number of rotatable bonds is 2. The van der Waals surface area contributed by atoms with Crippen molar-refractivity contribution in [1.29, 1.82) is 0 Å². The SMILES string of the molecule is CCCN.FC(F)(F)c1ccc(CS)cc1. The third-order valence-corrected chi connectivity index (χ3v) is 2.12. The second-order valence-electron chi connectivity index (χ2n) is 3.14. The minimum Gasteiger partial charge on any atom is -0.330 e. The van der Waals surface area contributed by atoms with Crippen LogP contribution in [0, 0.1) is 0 Å². The Morgan fingerprint density at radius 1 is 1.19 bits per heavy atom. The van der Waals surface area contributed by atoms with Gasteiger partial charge in [0, 0.05) is 5.75 Å². The van der Waals surface area contributed by atoms with E-state index in [0.29, 0.717) is 5.75 Å². The minimum atomic E-state index is -4.24. The Hall–Kier alpha value is -0.680. The van der Waals surface area contributed by atoms with Gasteiger partial charge in [0.05, 0.1) is 5.56 Å². The number of thiol groups is 1. The highest BCUT2D eigenvalue weighted by molar-refractivity contribution is 7.79. The molecule has 0 spiro atoms. The zero-order valence-electron chi connectivity index (χ0n) is 9.09. The van der Waals surface area contributed by atoms with E-state index in [1.165, 1.54) is 12.1 Å². The number of halogens is 3. The van der Waals surface area contributed by atoms with Crippen LogP contribution in [0.5, 0.6) is 0 Å². The lowest BCUT2D eigenvalue weighted by atomic mass is 10.1. The van der Waals surface area contributed by atoms with Gasteiger partial charge in [-0.3, -0.25) is 0 Å². The number of alkyl halides is 3. The Morgan fingerprint density at radius 2 is 1.62 bits per heavy atom. The monoisotopic (exact) mass is 251 g/mol. The molecule has 0 amide bonds. The first-order valence-corrected chi connectivity index (χ1v) is 5.56. The predicted octanol–water partition coefficient (Wildman–Crippen LogP) is 3.49. The molecule has 0 aliphatic heterocycles. The average Bonchev–Trinajstić information content (AvgIpc) is 2.28. The van der Waals surface area contributed by atoms with Gasteiger partial charge in [-0.2, -0.15) is 25.8 Å². The first-order chi connectivity index (χ1) is 7.45. The fourth-order valence-corrected chi connectivity index (χ4v) is 1.01. The van der Waals surface area contributed by atoms with Crippen LogP contribution in [0.1, 0.15) is 24.5 Å². The molecule has 1 nitrogen and oxygen atoms in total. The van der Waals surface area contributed by atoms with E-state index in [1.807, 2.05) is 0 Å². The zero-order valence-corrected chi connectivity index (χ0v) is 9.98. The van der Waals surface area contributed by atoms with Crippen molar-refractivity contribution in [2.45, 2.75) is 25.3 Å². The molecule has 0 unspecified atom stereocenters. The maximum Gasteiger partial charge on any atom is 0.416 e. The molecule has 92 valence electrons. The lowest BCUT2D eigenvalue weighted by molar-refractivity contribution is -0.137. The molecule has 0 heterocycles. The molecule has 0 aliphatic carbocycles. The summed E-state index contributed by atoms with van der Waals surface area (Å²) in [4.78, 5) is 0. The van der Waals surface area contributed by atoms with Gasteiger partial charge in [0.25, 0.3) is 0 Å².